The number of hydrogen-bond donors (Lipinski definition) is 1. The Hall–Kier alpha value is -1.21. The Balaban J connectivity index is 2.00. The molecule has 1 aromatic carbocycles. The topological polar surface area (TPSA) is 58.6 Å². The standard InChI is InChI=1S/C14H17BrN2O3S/c1-14(2,3)16-13(19)20-12-11(18)17(8-21-12)10-6-4-5-9(15)7-10/h4-7,12H,8H2,1-3H3,(H,16,19). The van der Waals surface area contributed by atoms with Gasteiger partial charge in [0.25, 0.3) is 5.91 Å². The van der Waals surface area contributed by atoms with Gasteiger partial charge >= 0.3 is 6.09 Å². The third kappa shape index (κ3) is 4.38. The zero-order chi connectivity index (χ0) is 15.6. The first-order chi connectivity index (χ1) is 9.76. The number of carbonyl (C=O) groups excluding carboxylic acids is 2. The summed E-state index contributed by atoms with van der Waals surface area (Å²) in [6, 6.07) is 7.46. The lowest BCUT2D eigenvalue weighted by Crippen LogP contribution is -2.43. The van der Waals surface area contributed by atoms with Crippen LogP contribution in [0.3, 0.4) is 0 Å². The number of ether oxygens (including phenoxy) is 1. The van der Waals surface area contributed by atoms with E-state index in [1.807, 2.05) is 45.0 Å². The maximum absolute atomic E-state index is 12.3. The quantitative estimate of drug-likeness (QED) is 0.864. The molecule has 1 aliphatic rings. The van der Waals surface area contributed by atoms with Crippen LogP contribution in [-0.2, 0) is 9.53 Å². The number of nitrogens with one attached hydrogen (secondary N) is 1. The number of anilines is 1. The lowest BCUT2D eigenvalue weighted by atomic mass is 10.1. The maximum atomic E-state index is 12.3. The van der Waals surface area contributed by atoms with Gasteiger partial charge in [0.1, 0.15) is 0 Å². The summed E-state index contributed by atoms with van der Waals surface area (Å²) in [4.78, 5) is 25.6. The molecule has 114 valence electrons. The van der Waals surface area contributed by atoms with Crippen LogP contribution in [-0.4, -0.2) is 28.9 Å². The number of rotatable bonds is 2. The third-order valence-corrected chi connectivity index (χ3v) is 4.13. The number of benzene rings is 1. The van der Waals surface area contributed by atoms with E-state index in [-0.39, 0.29) is 5.91 Å². The highest BCUT2D eigenvalue weighted by Crippen LogP contribution is 2.31. The number of hydrogen-bond acceptors (Lipinski definition) is 4. The summed E-state index contributed by atoms with van der Waals surface area (Å²) in [5, 5.41) is 2.68. The number of amides is 2. The molecule has 2 rings (SSSR count). The van der Waals surface area contributed by atoms with Crippen molar-refractivity contribution in [1.82, 2.24) is 5.32 Å². The highest BCUT2D eigenvalue weighted by Gasteiger charge is 2.36. The number of thioether (sulfide) groups is 1. The molecule has 1 unspecified atom stereocenters. The molecule has 1 heterocycles. The van der Waals surface area contributed by atoms with Crippen LogP contribution in [0, 0.1) is 0 Å². The Kier molecular flexibility index (Phi) is 4.83. The molecular formula is C14H17BrN2O3S. The average molecular weight is 373 g/mol. The van der Waals surface area contributed by atoms with E-state index in [4.69, 9.17) is 4.74 Å². The summed E-state index contributed by atoms with van der Waals surface area (Å²) < 4.78 is 6.09. The van der Waals surface area contributed by atoms with Crippen LogP contribution in [0.25, 0.3) is 0 Å². The Morgan fingerprint density at radius 1 is 1.48 bits per heavy atom. The first kappa shape index (κ1) is 16.2. The smallest absolute Gasteiger partial charge is 0.409 e. The number of halogens is 1. The molecule has 1 atom stereocenters. The minimum atomic E-state index is -0.800. The first-order valence-electron chi connectivity index (χ1n) is 6.43. The van der Waals surface area contributed by atoms with Crippen LogP contribution < -0.4 is 10.2 Å². The van der Waals surface area contributed by atoms with Crippen LogP contribution in [0.2, 0.25) is 0 Å². The lowest BCUT2D eigenvalue weighted by molar-refractivity contribution is -0.122. The average Bonchev–Trinajstić information content (AvgIpc) is 2.68. The van der Waals surface area contributed by atoms with Crippen molar-refractivity contribution in [1.29, 1.82) is 0 Å². The molecule has 21 heavy (non-hydrogen) atoms. The Morgan fingerprint density at radius 2 is 2.19 bits per heavy atom. The summed E-state index contributed by atoms with van der Waals surface area (Å²) in [5.41, 5.74) is -0.413. The number of alkyl carbamates (subject to hydrolysis) is 1. The zero-order valence-corrected chi connectivity index (χ0v) is 14.5. The van der Waals surface area contributed by atoms with Gasteiger partial charge in [0.05, 0.1) is 5.88 Å². The second-order valence-corrected chi connectivity index (χ2v) is 7.59. The van der Waals surface area contributed by atoms with E-state index in [2.05, 4.69) is 21.2 Å². The lowest BCUT2D eigenvalue weighted by Gasteiger charge is -2.21. The van der Waals surface area contributed by atoms with E-state index in [1.165, 1.54) is 11.8 Å². The summed E-state index contributed by atoms with van der Waals surface area (Å²) in [6.45, 7) is 5.56. The normalized spacial score (nSPS) is 18.8. The van der Waals surface area contributed by atoms with Gasteiger partial charge in [0.2, 0.25) is 5.44 Å². The first-order valence-corrected chi connectivity index (χ1v) is 8.28. The van der Waals surface area contributed by atoms with Crippen LogP contribution in [0.4, 0.5) is 10.5 Å². The van der Waals surface area contributed by atoms with Crippen LogP contribution in [0.15, 0.2) is 28.7 Å². The Bertz CT molecular complexity index is 559. The minimum absolute atomic E-state index is 0.220. The molecule has 0 spiro atoms. The molecular weight excluding hydrogens is 356 g/mol. The summed E-state index contributed by atoms with van der Waals surface area (Å²) in [6.07, 6.45) is -0.579. The molecule has 1 saturated heterocycles. The predicted molar refractivity (Wildman–Crippen MR) is 87.2 cm³/mol. The molecule has 0 radical (unpaired) electrons. The van der Waals surface area contributed by atoms with Crippen LogP contribution in [0.5, 0.6) is 0 Å². The van der Waals surface area contributed by atoms with Crippen molar-refractivity contribution in [3.63, 3.8) is 0 Å². The third-order valence-electron chi connectivity index (χ3n) is 2.63. The van der Waals surface area contributed by atoms with Gasteiger partial charge in [0.15, 0.2) is 0 Å². The minimum Gasteiger partial charge on any atom is -0.425 e. The fraction of sp³-hybridized carbons (Fsp3) is 0.429. The van der Waals surface area contributed by atoms with Crippen molar-refractivity contribution in [3.8, 4) is 0 Å². The van der Waals surface area contributed by atoms with Crippen molar-refractivity contribution in [3.05, 3.63) is 28.7 Å². The predicted octanol–water partition coefficient (Wildman–Crippen LogP) is 3.34. The molecule has 5 nitrogen and oxygen atoms in total. The second kappa shape index (κ2) is 6.27. The molecule has 2 amide bonds. The highest BCUT2D eigenvalue weighted by molar-refractivity contribution is 9.10. The van der Waals surface area contributed by atoms with Gasteiger partial charge < -0.3 is 10.1 Å². The van der Waals surface area contributed by atoms with Gasteiger partial charge in [-0.25, -0.2) is 4.79 Å². The van der Waals surface area contributed by atoms with Gasteiger partial charge in [-0.05, 0) is 39.0 Å². The molecule has 0 aromatic heterocycles. The van der Waals surface area contributed by atoms with Crippen LogP contribution >= 0.6 is 27.7 Å². The van der Waals surface area contributed by atoms with Crippen molar-refractivity contribution in [2.24, 2.45) is 0 Å². The Labute approximate surface area is 136 Å². The van der Waals surface area contributed by atoms with Crippen molar-refractivity contribution in [2.45, 2.75) is 31.7 Å². The fourth-order valence-corrected chi connectivity index (χ4v) is 3.14. The number of carbonyl (C=O) groups is 2. The highest BCUT2D eigenvalue weighted by atomic mass is 79.9. The molecule has 1 N–H and O–H groups in total. The molecule has 1 aliphatic heterocycles. The molecule has 7 heteroatoms. The molecule has 0 aliphatic carbocycles. The summed E-state index contributed by atoms with van der Waals surface area (Å²) in [5.74, 6) is 0.241. The maximum Gasteiger partial charge on any atom is 0.409 e. The zero-order valence-electron chi connectivity index (χ0n) is 12.1. The van der Waals surface area contributed by atoms with Crippen LogP contribution in [0.1, 0.15) is 20.8 Å². The van der Waals surface area contributed by atoms with E-state index < -0.39 is 17.1 Å². The number of nitrogens with zero attached hydrogens (tertiary/aromatic N) is 1. The summed E-state index contributed by atoms with van der Waals surface area (Å²) in [7, 11) is 0. The van der Waals surface area contributed by atoms with Crippen molar-refractivity contribution in [2.75, 3.05) is 10.8 Å². The van der Waals surface area contributed by atoms with Gasteiger partial charge in [-0.3, -0.25) is 9.69 Å². The SMILES string of the molecule is CC(C)(C)NC(=O)OC1SCN(c2cccc(Br)c2)C1=O. The Morgan fingerprint density at radius 3 is 2.81 bits per heavy atom. The van der Waals surface area contributed by atoms with Gasteiger partial charge in [-0.1, -0.05) is 33.8 Å². The monoisotopic (exact) mass is 372 g/mol. The van der Waals surface area contributed by atoms with E-state index >= 15 is 0 Å². The molecule has 1 aromatic rings. The molecule has 0 saturated carbocycles. The van der Waals surface area contributed by atoms with Crippen molar-refractivity contribution < 1.29 is 14.3 Å². The van der Waals surface area contributed by atoms with E-state index in [0.29, 0.717) is 5.88 Å². The second-order valence-electron chi connectivity index (χ2n) is 5.65. The fourth-order valence-electron chi connectivity index (χ4n) is 1.77. The van der Waals surface area contributed by atoms with E-state index in [1.54, 1.807) is 4.90 Å². The van der Waals surface area contributed by atoms with Crippen molar-refractivity contribution >= 4 is 45.4 Å². The largest absolute Gasteiger partial charge is 0.425 e. The molecule has 0 bridgehead atoms. The van der Waals surface area contributed by atoms with Gasteiger partial charge in [0, 0.05) is 15.7 Å². The van der Waals surface area contributed by atoms with Gasteiger partial charge in [-0.15, -0.1) is 0 Å². The van der Waals surface area contributed by atoms with E-state index in [0.717, 1.165) is 10.2 Å². The molecule has 1 fully saturated rings. The van der Waals surface area contributed by atoms with Gasteiger partial charge in [-0.2, -0.15) is 0 Å². The van der Waals surface area contributed by atoms with E-state index in [9.17, 15) is 9.59 Å². The summed E-state index contributed by atoms with van der Waals surface area (Å²) >= 11 is 4.67.